The van der Waals surface area contributed by atoms with E-state index in [-0.39, 0.29) is 5.97 Å². The summed E-state index contributed by atoms with van der Waals surface area (Å²) in [5.41, 5.74) is 0. The summed E-state index contributed by atoms with van der Waals surface area (Å²) in [7, 11) is 0. The first-order chi connectivity index (χ1) is 8.83. The highest BCUT2D eigenvalue weighted by molar-refractivity contribution is 5.72. The number of unbranched alkanes of at least 4 members (excludes halogenated alkanes) is 6. The van der Waals surface area contributed by atoms with Crippen molar-refractivity contribution in [2.75, 3.05) is 0 Å². The molecule has 1 heterocycles. The molecule has 0 aromatic carbocycles. The molecule has 0 aliphatic rings. The summed E-state index contributed by atoms with van der Waals surface area (Å²) in [6.45, 7) is 2.22. The Kier molecular flexibility index (Phi) is 7.85. The average molecular weight is 249 g/mol. The minimum Gasteiger partial charge on any atom is -0.425 e. The van der Waals surface area contributed by atoms with Gasteiger partial charge in [-0.15, -0.1) is 0 Å². The largest absolute Gasteiger partial charge is 0.425 e. The van der Waals surface area contributed by atoms with Gasteiger partial charge in [0, 0.05) is 12.6 Å². The third-order valence-electron chi connectivity index (χ3n) is 2.85. The van der Waals surface area contributed by atoms with Gasteiger partial charge in [0.15, 0.2) is 0 Å². The maximum Gasteiger partial charge on any atom is 0.311 e. The Hall–Kier alpha value is -1.38. The summed E-state index contributed by atoms with van der Waals surface area (Å²) in [5.74, 6) is 0.377. The minimum absolute atomic E-state index is 0.156. The molecule has 0 aliphatic carbocycles. The highest BCUT2D eigenvalue weighted by Gasteiger charge is 2.04. The van der Waals surface area contributed by atoms with Gasteiger partial charge in [-0.1, -0.05) is 45.4 Å². The molecule has 0 bridgehead atoms. The van der Waals surface area contributed by atoms with Gasteiger partial charge in [-0.05, 0) is 18.6 Å². The van der Waals surface area contributed by atoms with Crippen LogP contribution in [0.1, 0.15) is 58.3 Å². The molecule has 0 N–H and O–H groups in total. The summed E-state index contributed by atoms with van der Waals surface area (Å²) in [5, 5.41) is 0. The van der Waals surface area contributed by atoms with E-state index in [2.05, 4.69) is 11.9 Å². The zero-order valence-corrected chi connectivity index (χ0v) is 11.2. The molecule has 1 rings (SSSR count). The zero-order chi connectivity index (χ0) is 13.1. The van der Waals surface area contributed by atoms with Crippen LogP contribution in [0.25, 0.3) is 0 Å². The number of hydrogen-bond donors (Lipinski definition) is 0. The number of nitrogens with zero attached hydrogens (tertiary/aromatic N) is 1. The van der Waals surface area contributed by atoms with E-state index in [0.717, 1.165) is 12.8 Å². The van der Waals surface area contributed by atoms with Crippen molar-refractivity contribution in [3.63, 3.8) is 0 Å². The molecular formula is C15H23NO2. The molecule has 1 aromatic rings. The normalized spacial score (nSPS) is 10.3. The third-order valence-corrected chi connectivity index (χ3v) is 2.85. The summed E-state index contributed by atoms with van der Waals surface area (Å²) >= 11 is 0. The lowest BCUT2D eigenvalue weighted by Gasteiger charge is -2.03. The van der Waals surface area contributed by atoms with Crippen LogP contribution in [0.15, 0.2) is 24.5 Å². The van der Waals surface area contributed by atoms with Crippen molar-refractivity contribution in [2.24, 2.45) is 0 Å². The first kappa shape index (κ1) is 14.7. The maximum absolute atomic E-state index is 11.5. The van der Waals surface area contributed by atoms with Gasteiger partial charge < -0.3 is 4.74 Å². The molecule has 0 fully saturated rings. The van der Waals surface area contributed by atoms with E-state index >= 15 is 0 Å². The zero-order valence-electron chi connectivity index (χ0n) is 11.2. The van der Waals surface area contributed by atoms with Crippen LogP contribution >= 0.6 is 0 Å². The fourth-order valence-corrected chi connectivity index (χ4v) is 1.82. The summed E-state index contributed by atoms with van der Waals surface area (Å²) < 4.78 is 5.16. The van der Waals surface area contributed by atoms with Gasteiger partial charge in [-0.3, -0.25) is 9.78 Å². The predicted molar refractivity (Wildman–Crippen MR) is 72.5 cm³/mol. The summed E-state index contributed by atoms with van der Waals surface area (Å²) in [6.07, 6.45) is 12.2. The lowest BCUT2D eigenvalue weighted by molar-refractivity contribution is -0.134. The van der Waals surface area contributed by atoms with E-state index in [1.807, 2.05) is 0 Å². The van der Waals surface area contributed by atoms with Crippen LogP contribution in [0.3, 0.4) is 0 Å². The van der Waals surface area contributed by atoms with Gasteiger partial charge in [-0.25, -0.2) is 0 Å². The molecule has 0 spiro atoms. The second kappa shape index (κ2) is 9.63. The number of aromatic nitrogens is 1. The molecule has 100 valence electrons. The van der Waals surface area contributed by atoms with Crippen LogP contribution in [0.4, 0.5) is 0 Å². The number of ether oxygens (including phenoxy) is 1. The van der Waals surface area contributed by atoms with E-state index in [0.29, 0.717) is 12.2 Å². The molecule has 3 heteroatoms. The lowest BCUT2D eigenvalue weighted by atomic mass is 10.1. The van der Waals surface area contributed by atoms with Crippen molar-refractivity contribution in [1.29, 1.82) is 0 Å². The quantitative estimate of drug-likeness (QED) is 0.488. The van der Waals surface area contributed by atoms with Crippen molar-refractivity contribution >= 4 is 5.97 Å². The van der Waals surface area contributed by atoms with Crippen molar-refractivity contribution in [3.8, 4) is 5.75 Å². The minimum atomic E-state index is -0.156. The Morgan fingerprint density at radius 2 is 1.89 bits per heavy atom. The average Bonchev–Trinajstić information content (AvgIpc) is 2.39. The number of rotatable bonds is 9. The fourth-order valence-electron chi connectivity index (χ4n) is 1.82. The van der Waals surface area contributed by atoms with Gasteiger partial charge in [0.25, 0.3) is 0 Å². The number of hydrogen-bond acceptors (Lipinski definition) is 3. The fraction of sp³-hybridized carbons (Fsp3) is 0.600. The topological polar surface area (TPSA) is 39.2 Å². The van der Waals surface area contributed by atoms with Crippen LogP contribution in [0.5, 0.6) is 5.75 Å². The number of carbonyl (C=O) groups is 1. The number of esters is 1. The maximum atomic E-state index is 11.5. The van der Waals surface area contributed by atoms with Gasteiger partial charge in [0.1, 0.15) is 5.75 Å². The monoisotopic (exact) mass is 249 g/mol. The highest BCUT2D eigenvalue weighted by atomic mass is 16.5. The standard InChI is InChI=1S/C15H23NO2/c1-2-3-4-5-6-7-8-11-15(17)18-14-10-9-12-16-13-14/h9-10,12-13H,2-8,11H2,1H3. The molecule has 0 amide bonds. The molecule has 18 heavy (non-hydrogen) atoms. The van der Waals surface area contributed by atoms with Gasteiger partial charge in [0.2, 0.25) is 0 Å². The van der Waals surface area contributed by atoms with Crippen LogP contribution in [-0.2, 0) is 4.79 Å². The second-order valence-corrected chi connectivity index (χ2v) is 4.53. The Labute approximate surface area is 110 Å². The Balaban J connectivity index is 2.00. The van der Waals surface area contributed by atoms with Crippen molar-refractivity contribution in [1.82, 2.24) is 4.98 Å². The van der Waals surface area contributed by atoms with E-state index in [9.17, 15) is 4.79 Å². The first-order valence-corrected chi connectivity index (χ1v) is 6.93. The number of pyridine rings is 1. The molecule has 0 radical (unpaired) electrons. The van der Waals surface area contributed by atoms with Gasteiger partial charge in [-0.2, -0.15) is 0 Å². The smallest absolute Gasteiger partial charge is 0.311 e. The first-order valence-electron chi connectivity index (χ1n) is 6.93. The van der Waals surface area contributed by atoms with Crippen LogP contribution < -0.4 is 4.74 Å². The predicted octanol–water partition coefficient (Wildman–Crippen LogP) is 4.13. The van der Waals surface area contributed by atoms with Gasteiger partial charge >= 0.3 is 5.97 Å². The SMILES string of the molecule is CCCCCCCCCC(=O)Oc1cccnc1. The summed E-state index contributed by atoms with van der Waals surface area (Å²) in [6, 6.07) is 3.51. The van der Waals surface area contributed by atoms with E-state index in [1.165, 1.54) is 32.1 Å². The van der Waals surface area contributed by atoms with E-state index in [1.54, 1.807) is 24.5 Å². The molecule has 0 atom stereocenters. The van der Waals surface area contributed by atoms with Crippen molar-refractivity contribution in [2.45, 2.75) is 58.3 Å². The van der Waals surface area contributed by atoms with Crippen LogP contribution in [0, 0.1) is 0 Å². The van der Waals surface area contributed by atoms with E-state index in [4.69, 9.17) is 4.74 Å². The van der Waals surface area contributed by atoms with Gasteiger partial charge in [0.05, 0.1) is 6.20 Å². The molecular weight excluding hydrogens is 226 g/mol. The lowest BCUT2D eigenvalue weighted by Crippen LogP contribution is -2.07. The van der Waals surface area contributed by atoms with Crippen molar-refractivity contribution < 1.29 is 9.53 Å². The number of carbonyl (C=O) groups excluding carboxylic acids is 1. The molecule has 1 aromatic heterocycles. The molecule has 3 nitrogen and oxygen atoms in total. The highest BCUT2D eigenvalue weighted by Crippen LogP contribution is 2.11. The van der Waals surface area contributed by atoms with E-state index < -0.39 is 0 Å². The van der Waals surface area contributed by atoms with Crippen LogP contribution in [0.2, 0.25) is 0 Å². The Morgan fingerprint density at radius 1 is 1.17 bits per heavy atom. The van der Waals surface area contributed by atoms with Crippen LogP contribution in [-0.4, -0.2) is 11.0 Å². The molecule has 0 saturated heterocycles. The Bertz CT molecular complexity index is 325. The summed E-state index contributed by atoms with van der Waals surface area (Å²) in [4.78, 5) is 15.4. The molecule has 0 saturated carbocycles. The van der Waals surface area contributed by atoms with Crippen molar-refractivity contribution in [3.05, 3.63) is 24.5 Å². The second-order valence-electron chi connectivity index (χ2n) is 4.53. The molecule has 0 unspecified atom stereocenters. The third kappa shape index (κ3) is 7.05. The Morgan fingerprint density at radius 3 is 2.56 bits per heavy atom. The molecule has 0 aliphatic heterocycles.